The van der Waals surface area contributed by atoms with Gasteiger partial charge in [-0.1, -0.05) is 0 Å². The quantitative estimate of drug-likeness (QED) is 0.850. The molecule has 0 radical (unpaired) electrons. The van der Waals surface area contributed by atoms with Crippen molar-refractivity contribution >= 4 is 11.7 Å². The van der Waals surface area contributed by atoms with Crippen molar-refractivity contribution in [3.05, 3.63) is 23.5 Å². The number of carboxylic acids is 1. The van der Waals surface area contributed by atoms with E-state index in [2.05, 4.69) is 22.1 Å². The first-order chi connectivity index (χ1) is 9.08. The van der Waals surface area contributed by atoms with Gasteiger partial charge in [0.1, 0.15) is 5.56 Å². The predicted octanol–water partition coefficient (Wildman–Crippen LogP) is 1.98. The largest absolute Gasteiger partial charge is 0.478 e. The zero-order chi connectivity index (χ0) is 13.8. The summed E-state index contributed by atoms with van der Waals surface area (Å²) in [6.45, 7) is 7.07. The molecule has 0 amide bonds. The van der Waals surface area contributed by atoms with E-state index in [9.17, 15) is 4.79 Å². The van der Waals surface area contributed by atoms with Crippen molar-refractivity contribution in [3.63, 3.8) is 0 Å². The number of hydrogen-bond donors (Lipinski definition) is 2. The lowest BCUT2D eigenvalue weighted by Gasteiger charge is -2.24. The number of hydrogen-bond acceptors (Lipinski definition) is 4. The number of likely N-dealkylation sites (tertiary alicyclic amines) is 1. The van der Waals surface area contributed by atoms with Crippen LogP contribution in [0.2, 0.25) is 0 Å². The average molecular weight is 263 g/mol. The van der Waals surface area contributed by atoms with Gasteiger partial charge in [0.15, 0.2) is 0 Å². The molecule has 0 aliphatic carbocycles. The molecule has 2 heterocycles. The fourth-order valence-electron chi connectivity index (χ4n) is 2.45. The third kappa shape index (κ3) is 3.44. The average Bonchev–Trinajstić information content (AvgIpc) is 2.89. The highest BCUT2D eigenvalue weighted by Crippen LogP contribution is 2.17. The Kier molecular flexibility index (Phi) is 4.37. The van der Waals surface area contributed by atoms with Crippen molar-refractivity contribution in [2.24, 2.45) is 0 Å². The summed E-state index contributed by atoms with van der Waals surface area (Å²) in [5, 5.41) is 12.4. The molecule has 5 nitrogen and oxygen atoms in total. The van der Waals surface area contributed by atoms with Crippen LogP contribution < -0.4 is 5.32 Å². The maximum atomic E-state index is 11.1. The zero-order valence-corrected chi connectivity index (χ0v) is 11.5. The summed E-state index contributed by atoms with van der Waals surface area (Å²) in [5.41, 5.74) is 1.71. The van der Waals surface area contributed by atoms with Crippen LogP contribution in [0, 0.1) is 6.92 Å². The third-order valence-corrected chi connectivity index (χ3v) is 3.62. The fourth-order valence-corrected chi connectivity index (χ4v) is 2.45. The predicted molar refractivity (Wildman–Crippen MR) is 74.7 cm³/mol. The van der Waals surface area contributed by atoms with Gasteiger partial charge in [0.2, 0.25) is 0 Å². The van der Waals surface area contributed by atoms with Gasteiger partial charge in [-0.3, -0.25) is 9.88 Å². The van der Waals surface area contributed by atoms with Crippen LogP contribution in [-0.4, -0.2) is 46.6 Å². The van der Waals surface area contributed by atoms with Crippen LogP contribution in [-0.2, 0) is 0 Å². The molecular weight excluding hydrogens is 242 g/mol. The van der Waals surface area contributed by atoms with Crippen molar-refractivity contribution in [1.82, 2.24) is 9.88 Å². The van der Waals surface area contributed by atoms with Gasteiger partial charge in [-0.25, -0.2) is 4.79 Å². The molecule has 1 aromatic heterocycles. The summed E-state index contributed by atoms with van der Waals surface area (Å²) in [5.74, 6) is -0.941. The first-order valence-corrected chi connectivity index (χ1v) is 6.76. The highest BCUT2D eigenvalue weighted by Gasteiger charge is 2.18. The Morgan fingerprint density at radius 2 is 2.21 bits per heavy atom. The van der Waals surface area contributed by atoms with E-state index in [0.717, 1.165) is 25.3 Å². The van der Waals surface area contributed by atoms with E-state index >= 15 is 0 Å². The highest BCUT2D eigenvalue weighted by atomic mass is 16.4. The molecule has 19 heavy (non-hydrogen) atoms. The van der Waals surface area contributed by atoms with Crippen LogP contribution in [0.15, 0.2) is 12.3 Å². The summed E-state index contributed by atoms with van der Waals surface area (Å²) < 4.78 is 0. The third-order valence-electron chi connectivity index (χ3n) is 3.62. The summed E-state index contributed by atoms with van der Waals surface area (Å²) in [6, 6.07) is 2.21. The number of carbonyl (C=O) groups is 1. The minimum atomic E-state index is -0.941. The van der Waals surface area contributed by atoms with Gasteiger partial charge in [0.05, 0.1) is 5.69 Å². The van der Waals surface area contributed by atoms with E-state index in [0.29, 0.717) is 11.7 Å². The molecule has 1 saturated heterocycles. The Balaban J connectivity index is 2.01. The van der Waals surface area contributed by atoms with E-state index in [-0.39, 0.29) is 5.56 Å². The smallest absolute Gasteiger partial charge is 0.339 e. The van der Waals surface area contributed by atoms with Crippen molar-refractivity contribution in [2.75, 3.05) is 25.0 Å². The van der Waals surface area contributed by atoms with E-state index in [1.807, 2.05) is 6.92 Å². The maximum Gasteiger partial charge on any atom is 0.339 e. The molecule has 1 aliphatic heterocycles. The number of nitrogens with zero attached hydrogens (tertiary/aromatic N) is 2. The normalized spacial score (nSPS) is 17.4. The molecule has 0 saturated carbocycles. The Morgan fingerprint density at radius 1 is 1.53 bits per heavy atom. The minimum Gasteiger partial charge on any atom is -0.478 e. The summed E-state index contributed by atoms with van der Waals surface area (Å²) in [6.07, 6.45) is 3.94. The van der Waals surface area contributed by atoms with Crippen LogP contribution in [0.3, 0.4) is 0 Å². The monoisotopic (exact) mass is 263 g/mol. The molecule has 0 bridgehead atoms. The minimum absolute atomic E-state index is 0.235. The Hall–Kier alpha value is -1.62. The molecule has 1 unspecified atom stereocenters. The summed E-state index contributed by atoms with van der Waals surface area (Å²) in [7, 11) is 0. The first-order valence-electron chi connectivity index (χ1n) is 6.76. The van der Waals surface area contributed by atoms with E-state index in [1.165, 1.54) is 19.0 Å². The zero-order valence-electron chi connectivity index (χ0n) is 11.5. The summed E-state index contributed by atoms with van der Waals surface area (Å²) >= 11 is 0. The molecule has 1 atom stereocenters. The maximum absolute atomic E-state index is 11.1. The van der Waals surface area contributed by atoms with Gasteiger partial charge in [0.25, 0.3) is 0 Å². The molecule has 2 rings (SSSR count). The standard InChI is InChI=1S/C14H21N3O2/c1-10-7-13(12(9-15-10)14(18)19)16-8-11(2)17-5-3-4-6-17/h7,9,11H,3-6,8H2,1-2H3,(H,15,16)(H,18,19). The lowest BCUT2D eigenvalue weighted by atomic mass is 10.2. The van der Waals surface area contributed by atoms with Gasteiger partial charge < -0.3 is 10.4 Å². The van der Waals surface area contributed by atoms with Crippen LogP contribution in [0.25, 0.3) is 0 Å². The Bertz CT molecular complexity index is 456. The van der Waals surface area contributed by atoms with Crippen LogP contribution in [0.1, 0.15) is 35.8 Å². The Morgan fingerprint density at radius 3 is 2.84 bits per heavy atom. The number of aromatic nitrogens is 1. The lowest BCUT2D eigenvalue weighted by molar-refractivity contribution is 0.0697. The van der Waals surface area contributed by atoms with Crippen LogP contribution >= 0.6 is 0 Å². The van der Waals surface area contributed by atoms with Gasteiger partial charge in [-0.05, 0) is 45.8 Å². The second kappa shape index (κ2) is 6.02. The van der Waals surface area contributed by atoms with Gasteiger partial charge in [0, 0.05) is 24.5 Å². The number of nitrogens with one attached hydrogen (secondary N) is 1. The number of rotatable bonds is 5. The Labute approximate surface area is 113 Å². The summed E-state index contributed by atoms with van der Waals surface area (Å²) in [4.78, 5) is 17.6. The van der Waals surface area contributed by atoms with Crippen molar-refractivity contribution in [3.8, 4) is 0 Å². The van der Waals surface area contributed by atoms with Crippen molar-refractivity contribution in [1.29, 1.82) is 0 Å². The molecule has 1 aliphatic rings. The molecular formula is C14H21N3O2. The number of aromatic carboxylic acids is 1. The molecule has 1 aromatic rings. The van der Waals surface area contributed by atoms with Crippen molar-refractivity contribution < 1.29 is 9.90 Å². The molecule has 5 heteroatoms. The van der Waals surface area contributed by atoms with Gasteiger partial charge in [-0.15, -0.1) is 0 Å². The second-order valence-electron chi connectivity index (χ2n) is 5.15. The van der Waals surface area contributed by atoms with E-state index in [4.69, 9.17) is 5.11 Å². The van der Waals surface area contributed by atoms with Gasteiger partial charge >= 0.3 is 5.97 Å². The van der Waals surface area contributed by atoms with Crippen molar-refractivity contribution in [2.45, 2.75) is 32.7 Å². The SMILES string of the molecule is Cc1cc(NCC(C)N2CCCC2)c(C(=O)O)cn1. The van der Waals surface area contributed by atoms with Gasteiger partial charge in [-0.2, -0.15) is 0 Å². The van der Waals surface area contributed by atoms with E-state index < -0.39 is 5.97 Å². The molecule has 2 N–H and O–H groups in total. The lowest BCUT2D eigenvalue weighted by Crippen LogP contribution is -2.35. The fraction of sp³-hybridized carbons (Fsp3) is 0.571. The number of carboxylic acid groups (broad SMARTS) is 1. The van der Waals surface area contributed by atoms with Crippen LogP contribution in [0.4, 0.5) is 5.69 Å². The second-order valence-corrected chi connectivity index (χ2v) is 5.15. The van der Waals surface area contributed by atoms with E-state index in [1.54, 1.807) is 6.07 Å². The topological polar surface area (TPSA) is 65.5 Å². The molecule has 0 spiro atoms. The molecule has 104 valence electrons. The van der Waals surface area contributed by atoms with Crippen LogP contribution in [0.5, 0.6) is 0 Å². The number of pyridine rings is 1. The first kappa shape index (κ1) is 13.8. The molecule has 1 fully saturated rings. The highest BCUT2D eigenvalue weighted by molar-refractivity contribution is 5.93. The number of aryl methyl sites for hydroxylation is 1. The molecule has 0 aromatic carbocycles. The number of anilines is 1.